The lowest BCUT2D eigenvalue weighted by Crippen LogP contribution is -2.08. The molecular weight excluding hydrogens is 346 g/mol. The van der Waals surface area contributed by atoms with Crippen LogP contribution < -0.4 is 14.2 Å². The molecule has 0 aliphatic rings. The smallest absolute Gasteiger partial charge is 0.356 e. The first-order valence-electron chi connectivity index (χ1n) is 8.49. The van der Waals surface area contributed by atoms with Crippen LogP contribution in [0.25, 0.3) is 22.0 Å². The first-order chi connectivity index (χ1) is 13.1. The maximum atomic E-state index is 12.3. The molecule has 3 aromatic rings. The maximum Gasteiger partial charge on any atom is 0.356 e. The molecule has 0 aliphatic carbocycles. The van der Waals surface area contributed by atoms with Gasteiger partial charge in [-0.2, -0.15) is 0 Å². The Morgan fingerprint density at radius 3 is 2.26 bits per heavy atom. The summed E-state index contributed by atoms with van der Waals surface area (Å²) < 4.78 is 21.3. The molecule has 1 heterocycles. The lowest BCUT2D eigenvalue weighted by molar-refractivity contribution is 0.0520. The molecule has 27 heavy (non-hydrogen) atoms. The van der Waals surface area contributed by atoms with Crippen LogP contribution in [-0.4, -0.2) is 38.9 Å². The topological polar surface area (TPSA) is 66.9 Å². The van der Waals surface area contributed by atoms with E-state index in [4.69, 9.17) is 18.9 Å². The summed E-state index contributed by atoms with van der Waals surface area (Å²) in [5, 5.41) is 0.839. The number of esters is 1. The van der Waals surface area contributed by atoms with Gasteiger partial charge in [-0.1, -0.05) is 0 Å². The average molecular weight is 367 g/mol. The summed E-state index contributed by atoms with van der Waals surface area (Å²) in [5.74, 6) is 1.53. The van der Waals surface area contributed by atoms with Crippen molar-refractivity contribution in [2.75, 3.05) is 27.9 Å². The number of aromatic nitrogens is 1. The van der Waals surface area contributed by atoms with E-state index in [2.05, 4.69) is 4.98 Å². The number of benzene rings is 2. The monoisotopic (exact) mass is 367 g/mol. The molecule has 1 aromatic heterocycles. The van der Waals surface area contributed by atoms with Gasteiger partial charge in [0.15, 0.2) is 0 Å². The van der Waals surface area contributed by atoms with Crippen LogP contribution in [0.15, 0.2) is 42.5 Å². The fourth-order valence-electron chi connectivity index (χ4n) is 2.89. The fraction of sp³-hybridized carbons (Fsp3) is 0.238. The summed E-state index contributed by atoms with van der Waals surface area (Å²) in [4.78, 5) is 16.7. The van der Waals surface area contributed by atoms with E-state index in [9.17, 15) is 4.79 Å². The molecule has 6 heteroatoms. The molecule has 0 saturated heterocycles. The van der Waals surface area contributed by atoms with Gasteiger partial charge in [0.25, 0.3) is 0 Å². The van der Waals surface area contributed by atoms with Crippen LogP contribution >= 0.6 is 0 Å². The molecule has 0 amide bonds. The van der Waals surface area contributed by atoms with Gasteiger partial charge in [0.1, 0.15) is 22.9 Å². The molecule has 2 aromatic carbocycles. The van der Waals surface area contributed by atoms with Gasteiger partial charge in [-0.25, -0.2) is 9.78 Å². The van der Waals surface area contributed by atoms with Crippen molar-refractivity contribution in [3.63, 3.8) is 0 Å². The Kier molecular flexibility index (Phi) is 5.45. The highest BCUT2D eigenvalue weighted by molar-refractivity contribution is 6.01. The highest BCUT2D eigenvalue weighted by atomic mass is 16.5. The Morgan fingerprint density at radius 2 is 1.59 bits per heavy atom. The van der Waals surface area contributed by atoms with Crippen LogP contribution in [0.4, 0.5) is 0 Å². The van der Waals surface area contributed by atoms with E-state index >= 15 is 0 Å². The molecule has 140 valence electrons. The standard InChI is InChI=1S/C21H21NO5/c1-5-27-21(23)19-12-16(15-8-6-14(25-3)11-20(15)26-4)17-10-13(24-2)7-9-18(17)22-19/h6-12H,5H2,1-4H3. The van der Waals surface area contributed by atoms with E-state index in [0.717, 1.165) is 16.5 Å². The van der Waals surface area contributed by atoms with Gasteiger partial charge in [0.05, 0.1) is 33.5 Å². The summed E-state index contributed by atoms with van der Waals surface area (Å²) >= 11 is 0. The SMILES string of the molecule is CCOC(=O)c1cc(-c2ccc(OC)cc2OC)c2cc(OC)ccc2n1. The van der Waals surface area contributed by atoms with Gasteiger partial charge in [-0.3, -0.25) is 0 Å². The number of rotatable bonds is 6. The first-order valence-corrected chi connectivity index (χ1v) is 8.49. The van der Waals surface area contributed by atoms with Gasteiger partial charge >= 0.3 is 5.97 Å². The maximum absolute atomic E-state index is 12.3. The van der Waals surface area contributed by atoms with Gasteiger partial charge in [0, 0.05) is 17.0 Å². The van der Waals surface area contributed by atoms with Crippen molar-refractivity contribution in [2.45, 2.75) is 6.92 Å². The molecule has 0 bridgehead atoms. The van der Waals surface area contributed by atoms with Gasteiger partial charge < -0.3 is 18.9 Å². The van der Waals surface area contributed by atoms with Crippen LogP contribution in [0.3, 0.4) is 0 Å². The van der Waals surface area contributed by atoms with Crippen molar-refractivity contribution in [1.82, 2.24) is 4.98 Å². The van der Waals surface area contributed by atoms with Gasteiger partial charge in [-0.15, -0.1) is 0 Å². The van der Waals surface area contributed by atoms with Crippen molar-refractivity contribution >= 4 is 16.9 Å². The van der Waals surface area contributed by atoms with Crippen molar-refractivity contribution in [3.05, 3.63) is 48.2 Å². The molecule has 0 N–H and O–H groups in total. The van der Waals surface area contributed by atoms with Crippen LogP contribution in [0.2, 0.25) is 0 Å². The molecule has 0 fully saturated rings. The predicted octanol–water partition coefficient (Wildman–Crippen LogP) is 4.10. The number of ether oxygens (including phenoxy) is 4. The van der Waals surface area contributed by atoms with E-state index in [1.165, 1.54) is 0 Å². The van der Waals surface area contributed by atoms with E-state index in [0.29, 0.717) is 22.8 Å². The zero-order valence-corrected chi connectivity index (χ0v) is 15.7. The van der Waals surface area contributed by atoms with Crippen molar-refractivity contribution in [3.8, 4) is 28.4 Å². The number of nitrogens with zero attached hydrogens (tertiary/aromatic N) is 1. The average Bonchev–Trinajstić information content (AvgIpc) is 2.72. The van der Waals surface area contributed by atoms with Crippen LogP contribution in [0.1, 0.15) is 17.4 Å². The Bertz CT molecular complexity index is 984. The normalized spacial score (nSPS) is 10.5. The molecular formula is C21H21NO5. The second kappa shape index (κ2) is 7.95. The highest BCUT2D eigenvalue weighted by Crippen LogP contribution is 2.38. The highest BCUT2D eigenvalue weighted by Gasteiger charge is 2.17. The van der Waals surface area contributed by atoms with E-state index in [-0.39, 0.29) is 12.3 Å². The van der Waals surface area contributed by atoms with Crippen LogP contribution in [0.5, 0.6) is 17.2 Å². The van der Waals surface area contributed by atoms with Crippen LogP contribution in [0, 0.1) is 0 Å². The number of carbonyl (C=O) groups excluding carboxylic acids is 1. The fourth-order valence-corrected chi connectivity index (χ4v) is 2.89. The Labute approximate surface area is 157 Å². The Balaban J connectivity index is 2.30. The Morgan fingerprint density at radius 1 is 0.889 bits per heavy atom. The quantitative estimate of drug-likeness (QED) is 0.611. The second-order valence-corrected chi connectivity index (χ2v) is 5.72. The molecule has 0 atom stereocenters. The van der Waals surface area contributed by atoms with E-state index in [1.807, 2.05) is 24.3 Å². The number of hydrogen-bond donors (Lipinski definition) is 0. The summed E-state index contributed by atoms with van der Waals surface area (Å²) in [6, 6.07) is 12.7. The third-order valence-corrected chi connectivity index (χ3v) is 4.20. The minimum absolute atomic E-state index is 0.238. The largest absolute Gasteiger partial charge is 0.497 e. The van der Waals surface area contributed by atoms with Crippen molar-refractivity contribution in [1.29, 1.82) is 0 Å². The third kappa shape index (κ3) is 3.65. The minimum Gasteiger partial charge on any atom is -0.497 e. The molecule has 0 unspecified atom stereocenters. The molecule has 0 aliphatic heterocycles. The second-order valence-electron chi connectivity index (χ2n) is 5.72. The molecule has 6 nitrogen and oxygen atoms in total. The van der Waals surface area contributed by atoms with Crippen molar-refractivity contribution in [2.24, 2.45) is 0 Å². The lowest BCUT2D eigenvalue weighted by Gasteiger charge is -2.14. The number of pyridine rings is 1. The third-order valence-electron chi connectivity index (χ3n) is 4.20. The number of methoxy groups -OCH3 is 3. The summed E-state index contributed by atoms with van der Waals surface area (Å²) in [6.07, 6.45) is 0. The Hall–Kier alpha value is -3.28. The van der Waals surface area contributed by atoms with E-state index < -0.39 is 5.97 Å². The number of fused-ring (bicyclic) bond motifs is 1. The first kappa shape index (κ1) is 18.5. The molecule has 0 saturated carbocycles. The summed E-state index contributed by atoms with van der Waals surface area (Å²) in [5.41, 5.74) is 2.50. The van der Waals surface area contributed by atoms with E-state index in [1.54, 1.807) is 46.5 Å². The predicted molar refractivity (Wildman–Crippen MR) is 103 cm³/mol. The van der Waals surface area contributed by atoms with Crippen LogP contribution in [-0.2, 0) is 4.74 Å². The molecule has 0 spiro atoms. The lowest BCUT2D eigenvalue weighted by atomic mass is 9.98. The zero-order chi connectivity index (χ0) is 19.4. The number of hydrogen-bond acceptors (Lipinski definition) is 6. The zero-order valence-electron chi connectivity index (χ0n) is 15.7. The molecule has 0 radical (unpaired) electrons. The van der Waals surface area contributed by atoms with Gasteiger partial charge in [0.2, 0.25) is 0 Å². The van der Waals surface area contributed by atoms with Gasteiger partial charge in [-0.05, 0) is 48.9 Å². The molecule has 3 rings (SSSR count). The number of carbonyl (C=O) groups is 1. The minimum atomic E-state index is -0.469. The van der Waals surface area contributed by atoms with Crippen molar-refractivity contribution < 1.29 is 23.7 Å². The summed E-state index contributed by atoms with van der Waals surface area (Å²) in [7, 11) is 4.80. The summed E-state index contributed by atoms with van der Waals surface area (Å²) in [6.45, 7) is 2.04.